The normalized spacial score (nSPS) is 12.6. The van der Waals surface area contributed by atoms with Crippen molar-refractivity contribution in [3.8, 4) is 5.75 Å². The van der Waals surface area contributed by atoms with Crippen LogP contribution in [0.2, 0.25) is 30.1 Å². The minimum absolute atomic E-state index is 0.00182. The first kappa shape index (κ1) is 49.4. The SMILES string of the molecule is CC(=O)C(N=Nc1cccc(C(=O)Nc2cc(Cl)cc(Cl)c2)c1Cl)C(=O)Nc1ccc(NC(=O)C(N=Nc2cccc(C(=O)Nc3cc(Cl)cc(Cl)c3)c2Cl)C(C)=O)c(OC(C)Cl)c1. The lowest BCUT2D eigenvalue weighted by Crippen LogP contribution is -2.32. The van der Waals surface area contributed by atoms with Gasteiger partial charge in [0.2, 0.25) is 12.1 Å². The van der Waals surface area contributed by atoms with E-state index >= 15 is 0 Å². The van der Waals surface area contributed by atoms with Gasteiger partial charge in [-0.2, -0.15) is 20.5 Å². The molecule has 5 rings (SSSR count). The summed E-state index contributed by atoms with van der Waals surface area (Å²) in [6.45, 7) is 3.72. The fourth-order valence-electron chi connectivity index (χ4n) is 5.46. The van der Waals surface area contributed by atoms with Crippen LogP contribution in [-0.4, -0.2) is 52.8 Å². The molecule has 0 aliphatic rings. The Morgan fingerprint density at radius 2 is 0.953 bits per heavy atom. The molecule has 5 aromatic rings. The molecule has 0 spiro atoms. The van der Waals surface area contributed by atoms with Gasteiger partial charge in [0, 0.05) is 43.2 Å². The van der Waals surface area contributed by atoms with Crippen LogP contribution in [0.4, 0.5) is 34.1 Å². The van der Waals surface area contributed by atoms with Crippen LogP contribution in [-0.2, 0) is 19.2 Å². The number of benzene rings is 5. The Kier molecular flexibility index (Phi) is 17.2. The number of nitrogens with zero attached hydrogens (tertiary/aromatic N) is 4. The lowest BCUT2D eigenvalue weighted by atomic mass is 10.1. The topological polar surface area (TPSA) is 209 Å². The molecule has 4 amide bonds. The Morgan fingerprint density at radius 3 is 1.36 bits per heavy atom. The van der Waals surface area contributed by atoms with Crippen molar-refractivity contribution in [3.05, 3.63) is 132 Å². The molecule has 3 unspecified atom stereocenters. The van der Waals surface area contributed by atoms with E-state index in [-0.39, 0.29) is 49.7 Å². The van der Waals surface area contributed by atoms with Gasteiger partial charge < -0.3 is 26.0 Å². The number of amides is 4. The molecule has 330 valence electrons. The summed E-state index contributed by atoms with van der Waals surface area (Å²) in [5.74, 6) is -4.55. The molecule has 0 aliphatic carbocycles. The number of carbonyl (C=O) groups is 6. The molecule has 15 nitrogen and oxygen atoms in total. The van der Waals surface area contributed by atoms with Crippen LogP contribution in [0, 0.1) is 0 Å². The first-order valence-corrected chi connectivity index (χ1v) is 21.0. The second-order valence-corrected chi connectivity index (χ2v) is 16.4. The number of ketones is 2. The minimum atomic E-state index is -1.70. The van der Waals surface area contributed by atoms with E-state index in [0.717, 1.165) is 13.8 Å². The number of nitrogens with one attached hydrogen (secondary N) is 4. The van der Waals surface area contributed by atoms with Gasteiger partial charge in [0.05, 0.1) is 26.9 Å². The van der Waals surface area contributed by atoms with Gasteiger partial charge in [0.1, 0.15) is 17.1 Å². The van der Waals surface area contributed by atoms with Crippen molar-refractivity contribution < 1.29 is 33.5 Å². The number of Topliss-reactive ketones (excluding diaryl/α,β-unsaturated/α-hetero) is 2. The lowest BCUT2D eigenvalue weighted by Gasteiger charge is -2.17. The van der Waals surface area contributed by atoms with Crippen molar-refractivity contribution in [2.45, 2.75) is 38.4 Å². The van der Waals surface area contributed by atoms with E-state index in [1.165, 1.54) is 97.9 Å². The summed E-state index contributed by atoms with van der Waals surface area (Å²) < 4.78 is 5.67. The maximum Gasteiger partial charge on any atom is 0.258 e. The quantitative estimate of drug-likeness (QED) is 0.0426. The van der Waals surface area contributed by atoms with Crippen LogP contribution in [0.15, 0.2) is 111 Å². The Balaban J connectivity index is 1.30. The molecule has 0 aliphatic heterocycles. The van der Waals surface area contributed by atoms with Crippen LogP contribution in [0.5, 0.6) is 5.75 Å². The van der Waals surface area contributed by atoms with E-state index in [2.05, 4.69) is 41.7 Å². The van der Waals surface area contributed by atoms with Crippen molar-refractivity contribution in [3.63, 3.8) is 0 Å². The van der Waals surface area contributed by atoms with Crippen molar-refractivity contribution in [2.24, 2.45) is 20.5 Å². The van der Waals surface area contributed by atoms with Crippen LogP contribution >= 0.6 is 81.2 Å². The molecule has 0 bridgehead atoms. The average molecular weight is 1010 g/mol. The highest BCUT2D eigenvalue weighted by molar-refractivity contribution is 6.38. The largest absolute Gasteiger partial charge is 0.473 e. The fourth-order valence-corrected chi connectivity index (χ4v) is 7.11. The number of hydrogen-bond acceptors (Lipinski definition) is 11. The lowest BCUT2D eigenvalue weighted by molar-refractivity contribution is -0.127. The van der Waals surface area contributed by atoms with Gasteiger partial charge in [-0.05, 0) is 93.6 Å². The van der Waals surface area contributed by atoms with Gasteiger partial charge in [-0.25, -0.2) is 0 Å². The van der Waals surface area contributed by atoms with Crippen molar-refractivity contribution in [1.82, 2.24) is 0 Å². The van der Waals surface area contributed by atoms with Crippen LogP contribution in [0.1, 0.15) is 41.5 Å². The highest BCUT2D eigenvalue weighted by Gasteiger charge is 2.27. The summed E-state index contributed by atoms with van der Waals surface area (Å²) in [6.07, 6.45) is 0. The zero-order chi connectivity index (χ0) is 46.8. The third kappa shape index (κ3) is 13.4. The Hall–Kier alpha value is -5.65. The molecule has 0 saturated heterocycles. The van der Waals surface area contributed by atoms with Gasteiger partial charge >= 0.3 is 0 Å². The average Bonchev–Trinajstić information content (AvgIpc) is 3.18. The van der Waals surface area contributed by atoms with Gasteiger partial charge in [0.15, 0.2) is 17.1 Å². The maximum atomic E-state index is 13.5. The molecule has 0 radical (unpaired) electrons. The molecule has 3 atom stereocenters. The first-order valence-electron chi connectivity index (χ1n) is 18.3. The molecule has 0 saturated carbocycles. The summed E-state index contributed by atoms with van der Waals surface area (Å²) >= 11 is 43.2. The summed E-state index contributed by atoms with van der Waals surface area (Å²) in [5.41, 5.74) is -0.308. The van der Waals surface area contributed by atoms with E-state index in [1.807, 2.05) is 0 Å². The second-order valence-electron chi connectivity index (χ2n) is 13.3. The van der Waals surface area contributed by atoms with E-state index in [4.69, 9.17) is 85.9 Å². The summed E-state index contributed by atoms with van der Waals surface area (Å²) in [7, 11) is 0. The van der Waals surface area contributed by atoms with E-state index in [1.54, 1.807) is 0 Å². The molecular weight excluding hydrogens is 977 g/mol. The predicted octanol–water partition coefficient (Wildman–Crippen LogP) is 12.4. The summed E-state index contributed by atoms with van der Waals surface area (Å²) in [5, 5.41) is 27.1. The summed E-state index contributed by atoms with van der Waals surface area (Å²) in [4.78, 5) is 78.2. The molecule has 4 N–H and O–H groups in total. The van der Waals surface area contributed by atoms with Crippen LogP contribution < -0.4 is 26.0 Å². The third-order valence-corrected chi connectivity index (χ3v) is 10.1. The maximum absolute atomic E-state index is 13.5. The molecule has 0 heterocycles. The number of halogens is 7. The fraction of sp³-hybridized carbons (Fsp3) is 0.143. The number of hydrogen-bond donors (Lipinski definition) is 4. The Bertz CT molecular complexity index is 2690. The number of rotatable bonds is 16. The van der Waals surface area contributed by atoms with Crippen molar-refractivity contribution >= 4 is 151 Å². The minimum Gasteiger partial charge on any atom is -0.473 e. The number of carbonyl (C=O) groups excluding carboxylic acids is 6. The predicted molar refractivity (Wildman–Crippen MR) is 249 cm³/mol. The van der Waals surface area contributed by atoms with Crippen molar-refractivity contribution in [1.29, 1.82) is 0 Å². The van der Waals surface area contributed by atoms with Gasteiger partial charge in [-0.3, -0.25) is 28.8 Å². The monoisotopic (exact) mass is 1000 g/mol. The van der Waals surface area contributed by atoms with Crippen LogP contribution in [0.25, 0.3) is 0 Å². The zero-order valence-electron chi connectivity index (χ0n) is 33.2. The highest BCUT2D eigenvalue weighted by atomic mass is 35.5. The standard InChI is InChI=1S/C42H31Cl7N8O7/c1-19(58)37(56-54-32-8-4-6-29(35(32)48)39(60)51-27-14-22(44)12-23(45)15-27)41(62)50-26-10-11-31(34(18-26)64-21(3)43)53-42(63)38(20(2)59)57-55-33-9-5-7-30(36(33)49)40(61)52-28-16-24(46)13-25(47)17-28/h4-18,21,37-38H,1-3H3,(H,50,62)(H,51,60)(H,52,61)(H,53,63). The highest BCUT2D eigenvalue weighted by Crippen LogP contribution is 2.34. The number of azo groups is 2. The van der Waals surface area contributed by atoms with E-state index in [0.29, 0.717) is 31.5 Å². The van der Waals surface area contributed by atoms with Crippen molar-refractivity contribution in [2.75, 3.05) is 21.3 Å². The first-order chi connectivity index (χ1) is 30.3. The smallest absolute Gasteiger partial charge is 0.258 e. The van der Waals surface area contributed by atoms with Gasteiger partial charge in [0.25, 0.3) is 23.6 Å². The van der Waals surface area contributed by atoms with Crippen LogP contribution in [0.3, 0.4) is 0 Å². The number of anilines is 4. The second kappa shape index (κ2) is 22.3. The Labute approximate surface area is 399 Å². The zero-order valence-corrected chi connectivity index (χ0v) is 38.5. The van der Waals surface area contributed by atoms with E-state index in [9.17, 15) is 28.8 Å². The number of ether oxygens (including phenoxy) is 1. The molecular formula is C42H31Cl7N8O7. The molecule has 5 aromatic carbocycles. The van der Waals surface area contributed by atoms with E-state index < -0.39 is 52.8 Å². The molecule has 0 aromatic heterocycles. The molecule has 64 heavy (non-hydrogen) atoms. The third-order valence-electron chi connectivity index (χ3n) is 8.31. The number of alkyl halides is 1. The Morgan fingerprint density at radius 1 is 0.531 bits per heavy atom. The van der Waals surface area contributed by atoms with Gasteiger partial charge in [-0.1, -0.05) is 93.3 Å². The van der Waals surface area contributed by atoms with Gasteiger partial charge in [-0.15, -0.1) is 0 Å². The summed E-state index contributed by atoms with van der Waals surface area (Å²) in [6, 6.07) is 18.2. The molecule has 22 heteroatoms. The molecule has 0 fully saturated rings.